The van der Waals surface area contributed by atoms with Gasteiger partial charge in [-0.3, -0.25) is 4.79 Å². The van der Waals surface area contributed by atoms with E-state index in [0.717, 1.165) is 47.1 Å². The van der Waals surface area contributed by atoms with Crippen LogP contribution in [0.15, 0.2) is 53.3 Å². The summed E-state index contributed by atoms with van der Waals surface area (Å²) in [5.41, 5.74) is 2.62. The molecule has 0 atom stereocenters. The van der Waals surface area contributed by atoms with Gasteiger partial charge in [0, 0.05) is 23.9 Å². The highest BCUT2D eigenvalue weighted by Gasteiger charge is 2.27. The molecule has 3 rings (SSSR count). The number of ether oxygens (including phenoxy) is 1. The highest BCUT2D eigenvalue weighted by atomic mass is 79.9. The van der Waals surface area contributed by atoms with Crippen molar-refractivity contribution in [3.8, 4) is 0 Å². The van der Waals surface area contributed by atoms with Gasteiger partial charge in [-0.15, -0.1) is 0 Å². The zero-order valence-corrected chi connectivity index (χ0v) is 18.1. The van der Waals surface area contributed by atoms with Crippen LogP contribution in [0.4, 0.5) is 5.69 Å². The molecule has 1 aromatic heterocycles. The van der Waals surface area contributed by atoms with Crippen molar-refractivity contribution >= 4 is 39.6 Å². The van der Waals surface area contributed by atoms with E-state index in [1.807, 2.05) is 41.3 Å². The molecule has 1 aromatic carbocycles. The van der Waals surface area contributed by atoms with E-state index in [-0.39, 0.29) is 11.8 Å². The summed E-state index contributed by atoms with van der Waals surface area (Å²) >= 11 is 3.36. The third kappa shape index (κ3) is 6.00. The molecule has 0 aliphatic heterocycles. The number of hydrogen-bond acceptors (Lipinski definition) is 4. The number of halogens is 1. The number of nitrogens with zero attached hydrogens (tertiary/aromatic N) is 2. The summed E-state index contributed by atoms with van der Waals surface area (Å²) in [5.74, 6) is -0.199. The van der Waals surface area contributed by atoms with Crippen molar-refractivity contribution in [1.82, 2.24) is 4.98 Å². The first-order valence-corrected chi connectivity index (χ1v) is 10.6. The van der Waals surface area contributed by atoms with E-state index in [2.05, 4.69) is 25.7 Å². The summed E-state index contributed by atoms with van der Waals surface area (Å²) in [5, 5.41) is 0. The zero-order valence-electron chi connectivity index (χ0n) is 16.5. The van der Waals surface area contributed by atoms with Crippen LogP contribution in [-0.2, 0) is 20.9 Å². The lowest BCUT2D eigenvalue weighted by molar-refractivity contribution is -0.134. The second kappa shape index (κ2) is 10.3. The Morgan fingerprint density at radius 3 is 2.69 bits per heavy atom. The van der Waals surface area contributed by atoms with E-state index in [1.165, 1.54) is 19.6 Å². The highest BCUT2D eigenvalue weighted by Crippen LogP contribution is 2.29. The molecule has 2 aromatic rings. The van der Waals surface area contributed by atoms with Crippen molar-refractivity contribution in [2.45, 2.75) is 38.6 Å². The van der Waals surface area contributed by atoms with Crippen LogP contribution in [0.3, 0.4) is 0 Å². The number of hydrogen-bond donors (Lipinski definition) is 0. The minimum Gasteiger partial charge on any atom is -0.466 e. The van der Waals surface area contributed by atoms with Crippen molar-refractivity contribution in [2.24, 2.45) is 5.92 Å². The minimum atomic E-state index is -0.411. The largest absolute Gasteiger partial charge is 0.466 e. The quantitative estimate of drug-likeness (QED) is 0.342. The number of anilines is 1. The number of carbonyl (C=O) groups excluding carboxylic acids is 2. The number of benzene rings is 1. The molecule has 0 radical (unpaired) electrons. The second-order valence-electron chi connectivity index (χ2n) is 7.20. The van der Waals surface area contributed by atoms with Gasteiger partial charge in [0.2, 0.25) is 5.91 Å². The van der Waals surface area contributed by atoms with Crippen LogP contribution in [0, 0.1) is 5.92 Å². The molecule has 0 saturated heterocycles. The summed E-state index contributed by atoms with van der Waals surface area (Å²) in [6, 6.07) is 11.5. The Morgan fingerprint density at radius 2 is 2.00 bits per heavy atom. The standard InChI is InChI=1S/C23H25BrN2O3/c1-29-22(27)13-11-17-6-5-9-20(14-17)26(16-18-10-12-21(24)25-15-18)23(28)19-7-3-2-4-8-19/h5-6,9-15,19H,2-4,7-8,16H2,1H3/b13-11+. The fourth-order valence-corrected chi connectivity index (χ4v) is 3.81. The minimum absolute atomic E-state index is 0.0569. The van der Waals surface area contributed by atoms with Crippen molar-refractivity contribution in [2.75, 3.05) is 12.0 Å². The third-order valence-corrected chi connectivity index (χ3v) is 5.61. The number of carbonyl (C=O) groups is 2. The number of rotatable bonds is 6. The molecule has 1 saturated carbocycles. The summed E-state index contributed by atoms with van der Waals surface area (Å²) in [6.45, 7) is 0.458. The van der Waals surface area contributed by atoms with Crippen molar-refractivity contribution in [3.63, 3.8) is 0 Å². The highest BCUT2D eigenvalue weighted by molar-refractivity contribution is 9.10. The van der Waals surface area contributed by atoms with E-state index in [0.29, 0.717) is 6.54 Å². The van der Waals surface area contributed by atoms with Gasteiger partial charge in [0.1, 0.15) is 4.60 Å². The molecule has 1 aliphatic carbocycles. The Bertz CT molecular complexity index is 874. The maximum absolute atomic E-state index is 13.4. The molecule has 1 fully saturated rings. The summed E-state index contributed by atoms with van der Waals surface area (Å²) in [6.07, 6.45) is 10.1. The van der Waals surface area contributed by atoms with Crippen LogP contribution < -0.4 is 4.90 Å². The zero-order chi connectivity index (χ0) is 20.6. The van der Waals surface area contributed by atoms with Crippen molar-refractivity contribution < 1.29 is 14.3 Å². The lowest BCUT2D eigenvalue weighted by Crippen LogP contribution is -2.36. The molecule has 0 N–H and O–H groups in total. The predicted molar refractivity (Wildman–Crippen MR) is 117 cm³/mol. The number of esters is 1. The van der Waals surface area contributed by atoms with Crippen LogP contribution in [0.1, 0.15) is 43.2 Å². The van der Waals surface area contributed by atoms with Gasteiger partial charge in [-0.1, -0.05) is 37.5 Å². The predicted octanol–water partition coefficient (Wildman–Crippen LogP) is 5.14. The molecule has 29 heavy (non-hydrogen) atoms. The Balaban J connectivity index is 1.89. The lowest BCUT2D eigenvalue weighted by atomic mass is 9.88. The average Bonchev–Trinajstić information content (AvgIpc) is 2.77. The molecule has 152 valence electrons. The van der Waals surface area contributed by atoms with Gasteiger partial charge in [0.25, 0.3) is 0 Å². The van der Waals surface area contributed by atoms with Crippen molar-refractivity contribution in [3.05, 3.63) is 64.4 Å². The van der Waals surface area contributed by atoms with Gasteiger partial charge in [0.05, 0.1) is 13.7 Å². The Morgan fingerprint density at radius 1 is 1.21 bits per heavy atom. The Kier molecular flexibility index (Phi) is 7.58. The molecule has 5 nitrogen and oxygen atoms in total. The Labute approximate surface area is 179 Å². The van der Waals surface area contributed by atoms with Crippen LogP contribution in [0.25, 0.3) is 6.08 Å². The summed E-state index contributed by atoms with van der Waals surface area (Å²) in [4.78, 5) is 30.9. The second-order valence-corrected chi connectivity index (χ2v) is 8.01. The first-order chi connectivity index (χ1) is 14.1. The molecule has 0 unspecified atom stereocenters. The van der Waals surface area contributed by atoms with Crippen LogP contribution in [-0.4, -0.2) is 24.0 Å². The molecule has 1 aliphatic rings. The maximum Gasteiger partial charge on any atom is 0.330 e. The van der Waals surface area contributed by atoms with Gasteiger partial charge in [-0.2, -0.15) is 0 Å². The normalized spacial score (nSPS) is 14.7. The first-order valence-electron chi connectivity index (χ1n) is 9.84. The monoisotopic (exact) mass is 456 g/mol. The van der Waals surface area contributed by atoms with E-state index < -0.39 is 5.97 Å². The fourth-order valence-electron chi connectivity index (χ4n) is 3.58. The molecule has 0 bridgehead atoms. The lowest BCUT2D eigenvalue weighted by Gasteiger charge is -2.29. The van der Waals surface area contributed by atoms with Crippen LogP contribution >= 0.6 is 15.9 Å². The smallest absolute Gasteiger partial charge is 0.330 e. The topological polar surface area (TPSA) is 59.5 Å². The van der Waals surface area contributed by atoms with E-state index >= 15 is 0 Å². The van der Waals surface area contributed by atoms with Gasteiger partial charge >= 0.3 is 5.97 Å². The maximum atomic E-state index is 13.4. The van der Waals surface area contributed by atoms with Crippen LogP contribution in [0.5, 0.6) is 0 Å². The molecule has 1 heterocycles. The number of aromatic nitrogens is 1. The van der Waals surface area contributed by atoms with Crippen molar-refractivity contribution in [1.29, 1.82) is 0 Å². The number of pyridine rings is 1. The molecule has 0 spiro atoms. The summed E-state index contributed by atoms with van der Waals surface area (Å²) < 4.78 is 5.42. The van der Waals surface area contributed by atoms with Gasteiger partial charge < -0.3 is 9.64 Å². The third-order valence-electron chi connectivity index (χ3n) is 5.14. The average molecular weight is 457 g/mol. The summed E-state index contributed by atoms with van der Waals surface area (Å²) in [7, 11) is 1.35. The van der Waals surface area contributed by atoms with E-state index in [9.17, 15) is 9.59 Å². The molecule has 6 heteroatoms. The molecular weight excluding hydrogens is 432 g/mol. The number of amides is 1. The number of methoxy groups -OCH3 is 1. The van der Waals surface area contributed by atoms with Gasteiger partial charge in [-0.05, 0) is 64.2 Å². The first kappa shape index (κ1) is 21.2. The molecule has 1 amide bonds. The SMILES string of the molecule is COC(=O)/C=C/c1cccc(N(Cc2ccc(Br)nc2)C(=O)C2CCCCC2)c1. The molecular formula is C23H25BrN2O3. The van der Waals surface area contributed by atoms with Gasteiger partial charge in [-0.25, -0.2) is 9.78 Å². The van der Waals surface area contributed by atoms with E-state index in [4.69, 9.17) is 0 Å². The van der Waals surface area contributed by atoms with E-state index in [1.54, 1.807) is 12.3 Å². The van der Waals surface area contributed by atoms with Gasteiger partial charge in [0.15, 0.2) is 0 Å². The van der Waals surface area contributed by atoms with Crippen LogP contribution in [0.2, 0.25) is 0 Å². The fraction of sp³-hybridized carbons (Fsp3) is 0.348. The Hall–Kier alpha value is -2.47.